The number of esters is 1. The molecule has 3 atom stereocenters. The van der Waals surface area contributed by atoms with Crippen molar-refractivity contribution in [1.29, 1.82) is 0 Å². The summed E-state index contributed by atoms with van der Waals surface area (Å²) in [6.07, 6.45) is 0.732. The molecular formula is C12H18O7S. The quantitative estimate of drug-likeness (QED) is 0.549. The molecule has 0 aromatic carbocycles. The Morgan fingerprint density at radius 2 is 2.05 bits per heavy atom. The second-order valence-electron chi connectivity index (χ2n) is 5.29. The Bertz CT molecular complexity index is 534. The smallest absolute Gasteiger partial charge is 0.333 e. The monoisotopic (exact) mass is 306 g/mol. The lowest BCUT2D eigenvalue weighted by atomic mass is 9.92. The van der Waals surface area contributed by atoms with Crippen LogP contribution >= 0.6 is 0 Å². The summed E-state index contributed by atoms with van der Waals surface area (Å²) in [5.41, 5.74) is 0.323. The van der Waals surface area contributed by atoms with E-state index in [0.29, 0.717) is 5.57 Å². The van der Waals surface area contributed by atoms with Gasteiger partial charge in [-0.3, -0.25) is 4.18 Å². The largest absolute Gasteiger partial charge is 0.466 e. The first-order valence-corrected chi connectivity index (χ1v) is 7.96. The lowest BCUT2D eigenvalue weighted by Crippen LogP contribution is -2.42. The van der Waals surface area contributed by atoms with Crippen molar-refractivity contribution >= 4 is 16.1 Å². The zero-order valence-corrected chi connectivity index (χ0v) is 12.6. The minimum absolute atomic E-state index is 0.0976. The van der Waals surface area contributed by atoms with Gasteiger partial charge in [0, 0.05) is 12.0 Å². The second-order valence-corrected chi connectivity index (χ2v) is 6.89. The Morgan fingerprint density at radius 3 is 2.60 bits per heavy atom. The first kappa shape index (κ1) is 15.4. The van der Waals surface area contributed by atoms with Gasteiger partial charge in [-0.2, -0.15) is 8.42 Å². The average Bonchev–Trinajstić information content (AvgIpc) is 2.60. The van der Waals surface area contributed by atoms with E-state index < -0.39 is 40.2 Å². The van der Waals surface area contributed by atoms with E-state index in [1.165, 1.54) is 7.11 Å². The molecule has 20 heavy (non-hydrogen) atoms. The van der Waals surface area contributed by atoms with Gasteiger partial charge in [-0.25, -0.2) is 4.79 Å². The van der Waals surface area contributed by atoms with Gasteiger partial charge in [-0.15, -0.1) is 0 Å². The molecule has 0 N–H and O–H groups in total. The summed E-state index contributed by atoms with van der Waals surface area (Å²) in [6, 6.07) is 0. The summed E-state index contributed by atoms with van der Waals surface area (Å²) < 4.78 is 43.7. The third-order valence-corrected chi connectivity index (χ3v) is 3.66. The Labute approximate surface area is 118 Å². The van der Waals surface area contributed by atoms with Gasteiger partial charge in [-0.1, -0.05) is 0 Å². The van der Waals surface area contributed by atoms with Crippen LogP contribution in [0.4, 0.5) is 0 Å². The van der Waals surface area contributed by atoms with Gasteiger partial charge in [-0.05, 0) is 19.9 Å². The first-order chi connectivity index (χ1) is 9.11. The molecule has 0 bridgehead atoms. The minimum atomic E-state index is -3.67. The number of ether oxygens (including phenoxy) is 3. The Kier molecular flexibility index (Phi) is 3.94. The molecule has 0 spiro atoms. The molecule has 1 aliphatic heterocycles. The van der Waals surface area contributed by atoms with E-state index in [-0.39, 0.29) is 6.42 Å². The average molecular weight is 306 g/mol. The van der Waals surface area contributed by atoms with Crippen molar-refractivity contribution in [3.63, 3.8) is 0 Å². The van der Waals surface area contributed by atoms with E-state index in [1.807, 2.05) is 0 Å². The van der Waals surface area contributed by atoms with Gasteiger partial charge < -0.3 is 14.2 Å². The molecule has 1 heterocycles. The molecule has 1 aliphatic carbocycles. The molecule has 7 nitrogen and oxygen atoms in total. The molecule has 0 unspecified atom stereocenters. The fraction of sp³-hybridized carbons (Fsp3) is 0.750. The SMILES string of the molecule is COC(=O)C1=C[C@H]2OC(C)(C)O[C@H]2[C@H](OS(C)(=O)=O)C1. The van der Waals surface area contributed by atoms with Gasteiger partial charge in [0.25, 0.3) is 10.1 Å². The molecular weight excluding hydrogens is 288 g/mol. The number of rotatable bonds is 3. The van der Waals surface area contributed by atoms with E-state index in [0.717, 1.165) is 6.26 Å². The lowest BCUT2D eigenvalue weighted by molar-refractivity contribution is -0.150. The van der Waals surface area contributed by atoms with E-state index in [1.54, 1.807) is 19.9 Å². The summed E-state index contributed by atoms with van der Waals surface area (Å²) in [5, 5.41) is 0. The van der Waals surface area contributed by atoms with Crippen molar-refractivity contribution in [3.8, 4) is 0 Å². The van der Waals surface area contributed by atoms with Crippen molar-refractivity contribution in [2.75, 3.05) is 13.4 Å². The van der Waals surface area contributed by atoms with Gasteiger partial charge in [0.2, 0.25) is 0 Å². The third kappa shape index (κ3) is 3.38. The van der Waals surface area contributed by atoms with Crippen LogP contribution in [0.3, 0.4) is 0 Å². The van der Waals surface area contributed by atoms with Crippen molar-refractivity contribution in [2.24, 2.45) is 0 Å². The summed E-state index contributed by atoms with van der Waals surface area (Å²) in [4.78, 5) is 11.6. The van der Waals surface area contributed by atoms with Crippen LogP contribution in [0.15, 0.2) is 11.6 Å². The van der Waals surface area contributed by atoms with Crippen molar-refractivity contribution in [2.45, 2.75) is 44.4 Å². The van der Waals surface area contributed by atoms with Gasteiger partial charge in [0.05, 0.1) is 13.4 Å². The summed E-state index contributed by atoms with van der Waals surface area (Å²) in [5.74, 6) is -1.39. The number of hydrogen-bond acceptors (Lipinski definition) is 7. The van der Waals surface area contributed by atoms with Crippen molar-refractivity contribution < 1.29 is 31.6 Å². The fourth-order valence-corrected chi connectivity index (χ4v) is 3.06. The lowest BCUT2D eigenvalue weighted by Gasteiger charge is -2.29. The maximum Gasteiger partial charge on any atom is 0.333 e. The third-order valence-electron chi connectivity index (χ3n) is 3.06. The number of carbonyl (C=O) groups excluding carboxylic acids is 1. The van der Waals surface area contributed by atoms with E-state index in [9.17, 15) is 13.2 Å². The zero-order valence-electron chi connectivity index (χ0n) is 11.8. The molecule has 2 rings (SSSR count). The maximum atomic E-state index is 11.6. The summed E-state index contributed by atoms with van der Waals surface area (Å²) in [6.45, 7) is 3.43. The molecule has 0 radical (unpaired) electrons. The van der Waals surface area contributed by atoms with Gasteiger partial charge in [0.15, 0.2) is 5.79 Å². The van der Waals surface area contributed by atoms with E-state index in [4.69, 9.17) is 13.7 Å². The standard InChI is InChI=1S/C12H18O7S/c1-12(2)17-8-5-7(11(13)16-3)6-9(10(8)18-12)19-20(4,14)15/h5,8-10H,6H2,1-4H3/t8-,9-,10-/m1/s1. The Balaban J connectivity index is 2.29. The Morgan fingerprint density at radius 1 is 1.40 bits per heavy atom. The van der Waals surface area contributed by atoms with Gasteiger partial charge in [0.1, 0.15) is 18.3 Å². The van der Waals surface area contributed by atoms with Crippen LogP contribution in [-0.4, -0.2) is 51.9 Å². The summed E-state index contributed by atoms with van der Waals surface area (Å²) in [7, 11) is -2.41. The second kappa shape index (κ2) is 5.10. The van der Waals surface area contributed by atoms with E-state index >= 15 is 0 Å². The van der Waals surface area contributed by atoms with Crippen LogP contribution in [0.1, 0.15) is 20.3 Å². The molecule has 0 saturated carbocycles. The van der Waals surface area contributed by atoms with Crippen LogP contribution < -0.4 is 0 Å². The van der Waals surface area contributed by atoms with Crippen molar-refractivity contribution in [1.82, 2.24) is 0 Å². The van der Waals surface area contributed by atoms with Crippen LogP contribution in [0.5, 0.6) is 0 Å². The highest BCUT2D eigenvalue weighted by Crippen LogP contribution is 2.37. The molecule has 1 fully saturated rings. The summed E-state index contributed by atoms with van der Waals surface area (Å²) >= 11 is 0. The van der Waals surface area contributed by atoms with Crippen LogP contribution in [0.25, 0.3) is 0 Å². The highest BCUT2D eigenvalue weighted by atomic mass is 32.2. The number of carbonyl (C=O) groups is 1. The highest BCUT2D eigenvalue weighted by Gasteiger charge is 2.49. The molecule has 0 amide bonds. The fourth-order valence-electron chi connectivity index (χ4n) is 2.43. The van der Waals surface area contributed by atoms with Crippen molar-refractivity contribution in [3.05, 3.63) is 11.6 Å². The predicted molar refractivity (Wildman–Crippen MR) is 68.3 cm³/mol. The van der Waals surface area contributed by atoms with Crippen LogP contribution in [-0.2, 0) is 33.3 Å². The topological polar surface area (TPSA) is 88.1 Å². The predicted octanol–water partition coefficient (Wildman–Crippen LogP) is 0.354. The van der Waals surface area contributed by atoms with Crippen LogP contribution in [0, 0.1) is 0 Å². The van der Waals surface area contributed by atoms with Gasteiger partial charge >= 0.3 is 5.97 Å². The normalized spacial score (nSPS) is 32.4. The molecule has 114 valence electrons. The molecule has 0 aromatic heterocycles. The highest BCUT2D eigenvalue weighted by molar-refractivity contribution is 7.86. The molecule has 1 saturated heterocycles. The molecule has 8 heteroatoms. The zero-order chi connectivity index (χ0) is 15.1. The Hall–Kier alpha value is -0.960. The first-order valence-electron chi connectivity index (χ1n) is 6.14. The molecule has 0 aromatic rings. The minimum Gasteiger partial charge on any atom is -0.466 e. The van der Waals surface area contributed by atoms with Crippen LogP contribution in [0.2, 0.25) is 0 Å². The van der Waals surface area contributed by atoms with E-state index in [2.05, 4.69) is 4.74 Å². The molecule has 2 aliphatic rings. The number of hydrogen-bond donors (Lipinski definition) is 0. The number of methoxy groups -OCH3 is 1. The maximum absolute atomic E-state index is 11.6. The number of fused-ring (bicyclic) bond motifs is 1.